The van der Waals surface area contributed by atoms with E-state index in [1.807, 2.05) is 6.92 Å². The maximum Gasteiger partial charge on any atom is 0.125 e. The van der Waals surface area contributed by atoms with E-state index in [2.05, 4.69) is 17.4 Å². The minimum Gasteiger partial charge on any atom is -0.496 e. The summed E-state index contributed by atoms with van der Waals surface area (Å²) in [5, 5.41) is 3.58. The molecule has 1 aromatic rings. The molecule has 1 fully saturated rings. The van der Waals surface area contributed by atoms with Crippen molar-refractivity contribution in [3.8, 4) is 11.5 Å². The van der Waals surface area contributed by atoms with Crippen molar-refractivity contribution in [3.05, 3.63) is 23.3 Å². The fourth-order valence-corrected chi connectivity index (χ4v) is 2.64. The molecule has 1 saturated heterocycles. The van der Waals surface area contributed by atoms with Gasteiger partial charge in [0.2, 0.25) is 0 Å². The molecule has 0 aliphatic carbocycles. The molecule has 100 valence electrons. The van der Waals surface area contributed by atoms with E-state index >= 15 is 0 Å². The summed E-state index contributed by atoms with van der Waals surface area (Å²) in [4.78, 5) is 0. The van der Waals surface area contributed by atoms with Crippen LogP contribution < -0.4 is 14.8 Å². The van der Waals surface area contributed by atoms with Crippen LogP contribution in [0.25, 0.3) is 0 Å². The maximum atomic E-state index is 5.42. The number of nitrogens with one attached hydrogen (secondary N) is 1. The fourth-order valence-electron chi connectivity index (χ4n) is 2.64. The molecule has 1 aliphatic rings. The average molecular weight is 249 g/mol. The van der Waals surface area contributed by atoms with E-state index in [1.54, 1.807) is 14.2 Å². The Balaban J connectivity index is 2.16. The minimum absolute atomic E-state index is 0.593. The molecule has 1 atom stereocenters. The zero-order chi connectivity index (χ0) is 13.0. The van der Waals surface area contributed by atoms with Gasteiger partial charge in [0.05, 0.1) is 14.2 Å². The van der Waals surface area contributed by atoms with Crippen LogP contribution in [0.2, 0.25) is 0 Å². The van der Waals surface area contributed by atoms with Gasteiger partial charge < -0.3 is 14.8 Å². The van der Waals surface area contributed by atoms with Crippen LogP contribution in [-0.2, 0) is 6.42 Å². The molecule has 0 radical (unpaired) electrons. The first-order valence-electron chi connectivity index (χ1n) is 6.69. The summed E-state index contributed by atoms with van der Waals surface area (Å²) in [7, 11) is 3.43. The summed E-state index contributed by atoms with van der Waals surface area (Å²) in [6.07, 6.45) is 4.94. The average Bonchev–Trinajstić information content (AvgIpc) is 2.41. The third-order valence-electron chi connectivity index (χ3n) is 3.71. The molecule has 3 nitrogen and oxygen atoms in total. The summed E-state index contributed by atoms with van der Waals surface area (Å²) >= 11 is 0. The van der Waals surface area contributed by atoms with Crippen molar-refractivity contribution in [2.45, 2.75) is 38.6 Å². The van der Waals surface area contributed by atoms with Gasteiger partial charge in [-0.05, 0) is 50.4 Å². The molecule has 1 aromatic carbocycles. The summed E-state index contributed by atoms with van der Waals surface area (Å²) in [5.74, 6) is 1.83. The Morgan fingerprint density at radius 3 is 2.33 bits per heavy atom. The Labute approximate surface area is 109 Å². The van der Waals surface area contributed by atoms with Crippen LogP contribution in [0.5, 0.6) is 11.5 Å². The zero-order valence-electron chi connectivity index (χ0n) is 11.6. The highest BCUT2D eigenvalue weighted by atomic mass is 16.5. The number of hydrogen-bond donors (Lipinski definition) is 1. The molecular formula is C15H23NO2. The van der Waals surface area contributed by atoms with E-state index in [1.165, 1.54) is 24.8 Å². The fraction of sp³-hybridized carbons (Fsp3) is 0.600. The van der Waals surface area contributed by atoms with Gasteiger partial charge in [0, 0.05) is 11.6 Å². The third-order valence-corrected chi connectivity index (χ3v) is 3.71. The highest BCUT2D eigenvalue weighted by molar-refractivity contribution is 5.47. The van der Waals surface area contributed by atoms with Crippen LogP contribution in [0, 0.1) is 6.92 Å². The number of methoxy groups -OCH3 is 2. The molecule has 3 heteroatoms. The van der Waals surface area contributed by atoms with Gasteiger partial charge in [-0.3, -0.25) is 0 Å². The first-order valence-corrected chi connectivity index (χ1v) is 6.69. The van der Waals surface area contributed by atoms with Crippen molar-refractivity contribution in [1.82, 2.24) is 5.32 Å². The van der Waals surface area contributed by atoms with E-state index in [0.29, 0.717) is 6.04 Å². The zero-order valence-corrected chi connectivity index (χ0v) is 11.6. The molecule has 1 N–H and O–H groups in total. The SMILES string of the molecule is COc1cc(CC2CCCCN2)cc(OC)c1C. The molecule has 1 unspecified atom stereocenters. The molecule has 0 saturated carbocycles. The second kappa shape index (κ2) is 6.10. The maximum absolute atomic E-state index is 5.42. The Morgan fingerprint density at radius 1 is 1.17 bits per heavy atom. The number of rotatable bonds is 4. The first-order chi connectivity index (χ1) is 8.74. The van der Waals surface area contributed by atoms with E-state index in [-0.39, 0.29) is 0 Å². The molecule has 2 rings (SSSR count). The molecule has 0 bridgehead atoms. The van der Waals surface area contributed by atoms with Crippen LogP contribution in [0.15, 0.2) is 12.1 Å². The molecule has 0 amide bonds. The standard InChI is InChI=1S/C15H23NO2/c1-11-14(17-2)9-12(10-15(11)18-3)8-13-6-4-5-7-16-13/h9-10,13,16H,4-8H2,1-3H3. The summed E-state index contributed by atoms with van der Waals surface area (Å²) in [6.45, 7) is 3.17. The van der Waals surface area contributed by atoms with E-state index < -0.39 is 0 Å². The largest absolute Gasteiger partial charge is 0.496 e. The second-order valence-corrected chi connectivity index (χ2v) is 4.98. The van der Waals surface area contributed by atoms with Gasteiger partial charge in [-0.2, -0.15) is 0 Å². The van der Waals surface area contributed by atoms with Gasteiger partial charge in [0.15, 0.2) is 0 Å². The van der Waals surface area contributed by atoms with Crippen molar-refractivity contribution in [2.75, 3.05) is 20.8 Å². The molecule has 1 heterocycles. The molecular weight excluding hydrogens is 226 g/mol. The lowest BCUT2D eigenvalue weighted by Gasteiger charge is -2.24. The summed E-state index contributed by atoms with van der Waals surface area (Å²) < 4.78 is 10.8. The van der Waals surface area contributed by atoms with Gasteiger partial charge in [-0.25, -0.2) is 0 Å². The van der Waals surface area contributed by atoms with Gasteiger partial charge in [-0.1, -0.05) is 6.42 Å². The highest BCUT2D eigenvalue weighted by Crippen LogP contribution is 2.30. The molecule has 1 aliphatic heterocycles. The molecule has 18 heavy (non-hydrogen) atoms. The van der Waals surface area contributed by atoms with Gasteiger partial charge in [0.25, 0.3) is 0 Å². The predicted molar refractivity (Wildman–Crippen MR) is 73.6 cm³/mol. The minimum atomic E-state index is 0.593. The lowest BCUT2D eigenvalue weighted by molar-refractivity contribution is 0.382. The molecule has 0 aromatic heterocycles. The Bertz CT molecular complexity index is 372. The predicted octanol–water partition coefficient (Wildman–Crippen LogP) is 2.70. The monoisotopic (exact) mass is 249 g/mol. The Hall–Kier alpha value is -1.22. The molecule has 0 spiro atoms. The summed E-state index contributed by atoms with van der Waals surface area (Å²) in [6, 6.07) is 4.86. The van der Waals surface area contributed by atoms with Gasteiger partial charge in [0.1, 0.15) is 11.5 Å². The van der Waals surface area contributed by atoms with E-state index in [0.717, 1.165) is 30.0 Å². The Morgan fingerprint density at radius 2 is 1.83 bits per heavy atom. The van der Waals surface area contributed by atoms with Crippen LogP contribution in [0.4, 0.5) is 0 Å². The van der Waals surface area contributed by atoms with Crippen LogP contribution >= 0.6 is 0 Å². The number of piperidine rings is 1. The van der Waals surface area contributed by atoms with Gasteiger partial charge >= 0.3 is 0 Å². The lowest BCUT2D eigenvalue weighted by Crippen LogP contribution is -2.35. The lowest BCUT2D eigenvalue weighted by atomic mass is 9.96. The Kier molecular flexibility index (Phi) is 4.48. The second-order valence-electron chi connectivity index (χ2n) is 4.98. The van der Waals surface area contributed by atoms with Crippen molar-refractivity contribution in [2.24, 2.45) is 0 Å². The van der Waals surface area contributed by atoms with Crippen LogP contribution in [-0.4, -0.2) is 26.8 Å². The first kappa shape index (κ1) is 13.2. The van der Waals surface area contributed by atoms with Crippen molar-refractivity contribution in [3.63, 3.8) is 0 Å². The smallest absolute Gasteiger partial charge is 0.125 e. The topological polar surface area (TPSA) is 30.5 Å². The van der Waals surface area contributed by atoms with Crippen molar-refractivity contribution >= 4 is 0 Å². The third kappa shape index (κ3) is 2.96. The summed E-state index contributed by atoms with van der Waals surface area (Å²) in [5.41, 5.74) is 2.36. The quantitative estimate of drug-likeness (QED) is 0.890. The number of benzene rings is 1. The highest BCUT2D eigenvalue weighted by Gasteiger charge is 2.15. The number of hydrogen-bond acceptors (Lipinski definition) is 3. The number of ether oxygens (including phenoxy) is 2. The van der Waals surface area contributed by atoms with E-state index in [4.69, 9.17) is 9.47 Å². The van der Waals surface area contributed by atoms with Gasteiger partial charge in [-0.15, -0.1) is 0 Å². The van der Waals surface area contributed by atoms with Crippen molar-refractivity contribution in [1.29, 1.82) is 0 Å². The van der Waals surface area contributed by atoms with Crippen LogP contribution in [0.1, 0.15) is 30.4 Å². The van der Waals surface area contributed by atoms with Crippen molar-refractivity contribution < 1.29 is 9.47 Å². The van der Waals surface area contributed by atoms with E-state index in [9.17, 15) is 0 Å². The van der Waals surface area contributed by atoms with Crippen LogP contribution in [0.3, 0.4) is 0 Å². The normalized spacial score (nSPS) is 19.6.